The van der Waals surface area contributed by atoms with E-state index >= 15 is 0 Å². The van der Waals surface area contributed by atoms with E-state index in [0.29, 0.717) is 13.3 Å². The van der Waals surface area contributed by atoms with Crippen LogP contribution in [0, 0.1) is 0 Å². The fraction of sp³-hybridized carbons (Fsp3) is 0.636. The third kappa shape index (κ3) is 5.04. The summed E-state index contributed by atoms with van der Waals surface area (Å²) < 4.78 is 11.6. The molecule has 1 aromatic carbocycles. The van der Waals surface area contributed by atoms with Crippen LogP contribution < -0.4 is 0 Å². The SMILES string of the molecule is CC[N+](CC)(CC)COC(=O)N1CCCC[C@@H]1[C@H](C(=O)OC)c1ccccc1. The Morgan fingerprint density at radius 1 is 1.11 bits per heavy atom. The lowest BCUT2D eigenvalue weighted by molar-refractivity contribution is -0.938. The monoisotopic (exact) mass is 391 g/mol. The summed E-state index contributed by atoms with van der Waals surface area (Å²) in [4.78, 5) is 27.4. The summed E-state index contributed by atoms with van der Waals surface area (Å²) in [5.41, 5.74) is 0.875. The second kappa shape index (κ2) is 10.5. The number of hydrogen-bond donors (Lipinski definition) is 0. The van der Waals surface area contributed by atoms with Crippen molar-refractivity contribution in [2.75, 3.05) is 40.0 Å². The highest BCUT2D eigenvalue weighted by Crippen LogP contribution is 2.32. The Morgan fingerprint density at radius 2 is 1.75 bits per heavy atom. The number of nitrogens with zero attached hydrogens (tertiary/aromatic N) is 2. The molecular weight excluding hydrogens is 356 g/mol. The average molecular weight is 392 g/mol. The number of ether oxygens (including phenoxy) is 2. The zero-order chi connectivity index (χ0) is 20.6. The number of carbonyl (C=O) groups excluding carboxylic acids is 2. The van der Waals surface area contributed by atoms with Crippen molar-refractivity contribution in [1.29, 1.82) is 0 Å². The number of benzene rings is 1. The van der Waals surface area contributed by atoms with Crippen LogP contribution in [0.4, 0.5) is 4.79 Å². The molecule has 0 aromatic heterocycles. The summed E-state index contributed by atoms with van der Waals surface area (Å²) in [6, 6.07) is 9.34. The number of methoxy groups -OCH3 is 1. The lowest BCUT2D eigenvalue weighted by atomic mass is 9.85. The summed E-state index contributed by atoms with van der Waals surface area (Å²) in [6.45, 7) is 10.1. The van der Waals surface area contributed by atoms with E-state index in [-0.39, 0.29) is 18.1 Å². The molecular formula is C22H35N2O4+. The van der Waals surface area contributed by atoms with Crippen molar-refractivity contribution in [1.82, 2.24) is 4.90 Å². The lowest BCUT2D eigenvalue weighted by Gasteiger charge is -2.40. The molecule has 1 heterocycles. The molecule has 0 saturated carbocycles. The molecule has 2 rings (SSSR count). The number of amides is 1. The van der Waals surface area contributed by atoms with Crippen molar-refractivity contribution in [2.24, 2.45) is 0 Å². The number of quaternary nitrogens is 1. The van der Waals surface area contributed by atoms with Crippen molar-refractivity contribution in [3.05, 3.63) is 35.9 Å². The topological polar surface area (TPSA) is 55.8 Å². The van der Waals surface area contributed by atoms with Gasteiger partial charge in [-0.3, -0.25) is 9.28 Å². The second-order valence-corrected chi connectivity index (χ2v) is 7.50. The third-order valence-electron chi connectivity index (χ3n) is 6.26. The number of esters is 1. The molecule has 2 atom stereocenters. The highest BCUT2D eigenvalue weighted by Gasteiger charge is 2.39. The number of piperidine rings is 1. The van der Waals surface area contributed by atoms with Crippen molar-refractivity contribution in [3.8, 4) is 0 Å². The highest BCUT2D eigenvalue weighted by atomic mass is 16.6. The fourth-order valence-electron chi connectivity index (χ4n) is 4.05. The molecule has 0 bridgehead atoms. The number of carbonyl (C=O) groups is 2. The van der Waals surface area contributed by atoms with E-state index in [0.717, 1.165) is 48.9 Å². The van der Waals surface area contributed by atoms with Gasteiger partial charge in [0, 0.05) is 6.54 Å². The van der Waals surface area contributed by atoms with Gasteiger partial charge in [-0.2, -0.15) is 0 Å². The van der Waals surface area contributed by atoms with Gasteiger partial charge in [-0.15, -0.1) is 0 Å². The molecule has 28 heavy (non-hydrogen) atoms. The van der Waals surface area contributed by atoms with Crippen molar-refractivity contribution in [3.63, 3.8) is 0 Å². The van der Waals surface area contributed by atoms with Crippen LogP contribution >= 0.6 is 0 Å². The van der Waals surface area contributed by atoms with Gasteiger partial charge in [-0.05, 0) is 45.6 Å². The zero-order valence-electron chi connectivity index (χ0n) is 17.7. The smallest absolute Gasteiger partial charge is 0.414 e. The van der Waals surface area contributed by atoms with Gasteiger partial charge >= 0.3 is 12.1 Å². The van der Waals surface area contributed by atoms with E-state index < -0.39 is 5.92 Å². The largest absolute Gasteiger partial charge is 0.468 e. The molecule has 0 spiro atoms. The first-order valence-electron chi connectivity index (χ1n) is 10.4. The van der Waals surface area contributed by atoms with Gasteiger partial charge in [0.15, 0.2) is 0 Å². The molecule has 0 aliphatic carbocycles. The molecule has 1 amide bonds. The predicted octanol–water partition coefficient (Wildman–Crippen LogP) is 3.77. The maximum Gasteiger partial charge on any atom is 0.414 e. The quantitative estimate of drug-likeness (QED) is 0.385. The number of hydrogen-bond acceptors (Lipinski definition) is 4. The van der Waals surface area contributed by atoms with Crippen molar-refractivity contribution < 1.29 is 23.5 Å². The van der Waals surface area contributed by atoms with Gasteiger partial charge in [-0.25, -0.2) is 4.79 Å². The molecule has 6 nitrogen and oxygen atoms in total. The minimum absolute atomic E-state index is 0.247. The van der Waals surface area contributed by atoms with Crippen LogP contribution in [0.15, 0.2) is 30.3 Å². The van der Waals surface area contributed by atoms with E-state index in [2.05, 4.69) is 20.8 Å². The summed E-state index contributed by atoms with van der Waals surface area (Å²) in [5, 5.41) is 0. The normalized spacial score (nSPS) is 18.4. The van der Waals surface area contributed by atoms with E-state index in [4.69, 9.17) is 9.47 Å². The average Bonchev–Trinajstić information content (AvgIpc) is 2.76. The number of likely N-dealkylation sites (tertiary alicyclic amines) is 1. The van der Waals surface area contributed by atoms with E-state index in [1.54, 1.807) is 4.90 Å². The Morgan fingerprint density at radius 3 is 2.32 bits per heavy atom. The zero-order valence-corrected chi connectivity index (χ0v) is 17.7. The Kier molecular flexibility index (Phi) is 8.30. The van der Waals surface area contributed by atoms with E-state index in [9.17, 15) is 9.59 Å². The van der Waals surface area contributed by atoms with E-state index in [1.807, 2.05) is 30.3 Å². The molecule has 1 aliphatic heterocycles. The first kappa shape index (κ1) is 22.2. The molecule has 1 fully saturated rings. The molecule has 6 heteroatoms. The Hall–Kier alpha value is -2.08. The van der Waals surface area contributed by atoms with Crippen LogP contribution in [0.2, 0.25) is 0 Å². The lowest BCUT2D eigenvalue weighted by Crippen LogP contribution is -2.53. The third-order valence-corrected chi connectivity index (χ3v) is 6.26. The van der Waals surface area contributed by atoms with Crippen LogP contribution in [0.25, 0.3) is 0 Å². The van der Waals surface area contributed by atoms with Crippen molar-refractivity contribution >= 4 is 12.1 Å². The van der Waals surface area contributed by atoms with Crippen LogP contribution in [-0.4, -0.2) is 67.5 Å². The second-order valence-electron chi connectivity index (χ2n) is 7.50. The summed E-state index contributed by atoms with van der Waals surface area (Å²) in [6.07, 6.45) is 2.34. The Balaban J connectivity index is 2.21. The van der Waals surface area contributed by atoms with Crippen LogP contribution in [0.5, 0.6) is 0 Å². The van der Waals surface area contributed by atoms with E-state index in [1.165, 1.54) is 7.11 Å². The molecule has 0 unspecified atom stereocenters. The molecule has 1 aliphatic rings. The maximum atomic E-state index is 13.0. The molecule has 1 aromatic rings. The summed E-state index contributed by atoms with van der Waals surface area (Å²) >= 11 is 0. The Bertz CT molecular complexity index is 622. The standard InChI is InChI=1S/C22H35N2O4/c1-5-24(6-2,7-3)17-28-22(26)23-16-12-11-15-19(23)20(21(25)27-4)18-13-9-8-10-14-18/h8-10,13-14,19-20H,5-7,11-12,15-17H2,1-4H3/q+1/t19-,20-/m1/s1. The number of rotatable bonds is 8. The first-order chi connectivity index (χ1) is 13.5. The molecule has 1 saturated heterocycles. The van der Waals surface area contributed by atoms with Gasteiger partial charge in [0.2, 0.25) is 6.73 Å². The van der Waals surface area contributed by atoms with Gasteiger partial charge in [0.25, 0.3) is 0 Å². The van der Waals surface area contributed by atoms with Gasteiger partial charge in [0.05, 0.1) is 32.8 Å². The molecule has 0 radical (unpaired) electrons. The van der Waals surface area contributed by atoms with Gasteiger partial charge < -0.3 is 14.4 Å². The first-order valence-corrected chi connectivity index (χ1v) is 10.4. The molecule has 156 valence electrons. The Labute approximate surface area is 169 Å². The fourth-order valence-corrected chi connectivity index (χ4v) is 4.05. The van der Waals surface area contributed by atoms with Gasteiger partial charge in [-0.1, -0.05) is 30.3 Å². The molecule has 0 N–H and O–H groups in total. The summed E-state index contributed by atoms with van der Waals surface area (Å²) in [5.74, 6) is -0.807. The minimum atomic E-state index is -0.498. The maximum absolute atomic E-state index is 13.0. The van der Waals surface area contributed by atoms with Crippen LogP contribution in [0.1, 0.15) is 51.5 Å². The van der Waals surface area contributed by atoms with Crippen molar-refractivity contribution in [2.45, 2.75) is 52.0 Å². The highest BCUT2D eigenvalue weighted by molar-refractivity contribution is 5.80. The van der Waals surface area contributed by atoms with Crippen LogP contribution in [0.3, 0.4) is 0 Å². The van der Waals surface area contributed by atoms with Gasteiger partial charge in [0.1, 0.15) is 5.92 Å². The summed E-state index contributed by atoms with van der Waals surface area (Å²) in [7, 11) is 1.40. The predicted molar refractivity (Wildman–Crippen MR) is 109 cm³/mol. The van der Waals surface area contributed by atoms with Crippen LogP contribution in [-0.2, 0) is 14.3 Å². The minimum Gasteiger partial charge on any atom is -0.468 e.